The van der Waals surface area contributed by atoms with E-state index in [0.29, 0.717) is 16.6 Å². The Morgan fingerprint density at radius 2 is 2.30 bits per heavy atom. The zero-order chi connectivity index (χ0) is 14.7. The Balaban J connectivity index is 2.24. The Labute approximate surface area is 122 Å². The zero-order valence-corrected chi connectivity index (χ0v) is 12.1. The van der Waals surface area contributed by atoms with E-state index in [1.54, 1.807) is 25.2 Å². The topological polar surface area (TPSA) is 90.1 Å². The molecule has 0 atom stereocenters. The maximum Gasteiger partial charge on any atom is 0.404 e. The molecule has 1 aromatic carbocycles. The number of halogens is 1. The van der Waals surface area contributed by atoms with E-state index < -0.39 is 4.92 Å². The molecule has 1 amide bonds. The largest absolute Gasteiger partial charge is 0.404 e. The van der Waals surface area contributed by atoms with Crippen molar-refractivity contribution < 1.29 is 9.72 Å². The van der Waals surface area contributed by atoms with Crippen LogP contribution < -0.4 is 5.32 Å². The van der Waals surface area contributed by atoms with Crippen LogP contribution in [0.1, 0.15) is 15.9 Å². The average molecular weight is 339 g/mol. The quantitative estimate of drug-likeness (QED) is 0.681. The summed E-state index contributed by atoms with van der Waals surface area (Å²) < 4.78 is 1.77. The normalized spacial score (nSPS) is 10.3. The molecule has 0 radical (unpaired) electrons. The lowest BCUT2D eigenvalue weighted by atomic mass is 10.1. The monoisotopic (exact) mass is 338 g/mol. The first-order valence-corrected chi connectivity index (χ1v) is 6.49. The van der Waals surface area contributed by atoms with Crippen LogP contribution in [0.4, 0.5) is 5.82 Å². The molecule has 0 fully saturated rings. The van der Waals surface area contributed by atoms with Gasteiger partial charge in [-0.2, -0.15) is 4.68 Å². The number of hydrogen-bond acceptors (Lipinski definition) is 4. The van der Waals surface area contributed by atoms with Crippen molar-refractivity contribution >= 4 is 27.7 Å². The van der Waals surface area contributed by atoms with Gasteiger partial charge in [-0.15, -0.1) is 0 Å². The number of hydrogen-bond donors (Lipinski definition) is 1. The first kappa shape index (κ1) is 14.2. The van der Waals surface area contributed by atoms with E-state index in [2.05, 4.69) is 26.3 Å². The second-order valence-electron chi connectivity index (χ2n) is 4.03. The Morgan fingerprint density at radius 3 is 2.90 bits per heavy atom. The molecule has 1 N–H and O–H groups in total. The molecule has 2 rings (SSSR count). The van der Waals surface area contributed by atoms with E-state index in [4.69, 9.17) is 0 Å². The molecule has 1 heterocycles. The highest BCUT2D eigenvalue weighted by Gasteiger charge is 2.18. The van der Waals surface area contributed by atoms with Gasteiger partial charge in [0.1, 0.15) is 4.47 Å². The minimum atomic E-state index is -0.554. The third-order valence-electron chi connectivity index (χ3n) is 2.63. The van der Waals surface area contributed by atoms with Crippen LogP contribution in [0.15, 0.2) is 34.9 Å². The minimum Gasteiger partial charge on any atom is -0.358 e. The average Bonchev–Trinajstić information content (AvgIpc) is 2.79. The van der Waals surface area contributed by atoms with Crippen molar-refractivity contribution in [3.63, 3.8) is 0 Å². The standard InChI is InChI=1S/C12H11BrN4O3/c1-14-12(18)9-4-2-3-8(5-9)6-16-7-10(13)11(15-16)17(19)20/h2-5,7H,6H2,1H3,(H,14,18). The van der Waals surface area contributed by atoms with Crippen LogP contribution in [0.3, 0.4) is 0 Å². The van der Waals surface area contributed by atoms with Gasteiger partial charge in [0.05, 0.1) is 17.8 Å². The summed E-state index contributed by atoms with van der Waals surface area (Å²) in [6, 6.07) is 7.00. The first-order valence-electron chi connectivity index (χ1n) is 5.69. The Morgan fingerprint density at radius 1 is 1.55 bits per heavy atom. The van der Waals surface area contributed by atoms with E-state index in [1.165, 1.54) is 10.9 Å². The van der Waals surface area contributed by atoms with Gasteiger partial charge in [-0.05, 0) is 38.5 Å². The molecule has 104 valence electrons. The van der Waals surface area contributed by atoms with Crippen molar-refractivity contribution in [2.45, 2.75) is 6.54 Å². The maximum atomic E-state index is 11.5. The zero-order valence-electron chi connectivity index (χ0n) is 10.5. The molecular weight excluding hydrogens is 328 g/mol. The van der Waals surface area contributed by atoms with Crippen LogP contribution in [0.2, 0.25) is 0 Å². The van der Waals surface area contributed by atoms with Crippen molar-refractivity contribution in [1.82, 2.24) is 15.1 Å². The summed E-state index contributed by atoms with van der Waals surface area (Å²) >= 11 is 3.09. The molecule has 0 aliphatic heterocycles. The predicted octanol–water partition coefficient (Wildman–Crippen LogP) is 1.96. The molecule has 1 aromatic heterocycles. The minimum absolute atomic E-state index is 0.181. The molecule has 2 aromatic rings. The Kier molecular flexibility index (Phi) is 4.14. The van der Waals surface area contributed by atoms with Gasteiger partial charge in [-0.1, -0.05) is 12.1 Å². The van der Waals surface area contributed by atoms with Gasteiger partial charge >= 0.3 is 5.82 Å². The molecule has 8 heteroatoms. The van der Waals surface area contributed by atoms with Crippen LogP contribution >= 0.6 is 15.9 Å². The molecule has 0 aliphatic carbocycles. The number of amides is 1. The smallest absolute Gasteiger partial charge is 0.358 e. The van der Waals surface area contributed by atoms with Crippen molar-refractivity contribution in [1.29, 1.82) is 0 Å². The van der Waals surface area contributed by atoms with Crippen LogP contribution in [0, 0.1) is 10.1 Å². The lowest BCUT2D eigenvalue weighted by molar-refractivity contribution is -0.390. The van der Waals surface area contributed by atoms with Crippen molar-refractivity contribution in [3.8, 4) is 0 Å². The number of aromatic nitrogens is 2. The molecule has 0 unspecified atom stereocenters. The van der Waals surface area contributed by atoms with Crippen LogP contribution in [0.5, 0.6) is 0 Å². The Bertz CT molecular complexity index is 668. The van der Waals surface area contributed by atoms with Gasteiger partial charge < -0.3 is 15.4 Å². The summed E-state index contributed by atoms with van der Waals surface area (Å²) in [6.07, 6.45) is 1.53. The number of nitrogens with one attached hydrogen (secondary N) is 1. The van der Waals surface area contributed by atoms with E-state index in [1.807, 2.05) is 6.07 Å². The Hall–Kier alpha value is -2.22. The lowest BCUT2D eigenvalue weighted by Gasteiger charge is -2.03. The maximum absolute atomic E-state index is 11.5. The van der Waals surface area contributed by atoms with Crippen molar-refractivity contribution in [3.05, 3.63) is 56.2 Å². The fourth-order valence-corrected chi connectivity index (χ4v) is 2.19. The second-order valence-corrected chi connectivity index (χ2v) is 4.89. The number of rotatable bonds is 4. The SMILES string of the molecule is CNC(=O)c1cccc(Cn2cc(Br)c([N+](=O)[O-])n2)c1. The molecule has 0 aliphatic rings. The molecule has 20 heavy (non-hydrogen) atoms. The summed E-state index contributed by atoms with van der Waals surface area (Å²) in [5.41, 5.74) is 1.36. The molecular formula is C12H11BrN4O3. The van der Waals surface area contributed by atoms with Gasteiger partial charge in [0, 0.05) is 12.6 Å². The summed E-state index contributed by atoms with van der Waals surface area (Å²) in [5, 5.41) is 17.1. The fourth-order valence-electron chi connectivity index (χ4n) is 1.73. The van der Waals surface area contributed by atoms with Gasteiger partial charge in [0.25, 0.3) is 5.91 Å². The van der Waals surface area contributed by atoms with E-state index >= 15 is 0 Å². The highest BCUT2D eigenvalue weighted by Crippen LogP contribution is 2.22. The molecule has 7 nitrogen and oxygen atoms in total. The van der Waals surface area contributed by atoms with Gasteiger partial charge in [-0.25, -0.2) is 0 Å². The molecule has 0 saturated carbocycles. The van der Waals surface area contributed by atoms with Gasteiger partial charge in [-0.3, -0.25) is 4.79 Å². The third-order valence-corrected chi connectivity index (χ3v) is 3.19. The van der Waals surface area contributed by atoms with E-state index in [-0.39, 0.29) is 11.7 Å². The summed E-state index contributed by atoms with van der Waals surface area (Å²) in [5.74, 6) is -0.410. The summed E-state index contributed by atoms with van der Waals surface area (Å²) in [4.78, 5) is 21.7. The van der Waals surface area contributed by atoms with Crippen molar-refractivity contribution in [2.24, 2.45) is 0 Å². The number of nitrogens with zero attached hydrogens (tertiary/aromatic N) is 3. The molecule has 0 bridgehead atoms. The van der Waals surface area contributed by atoms with Gasteiger partial charge in [0.2, 0.25) is 0 Å². The van der Waals surface area contributed by atoms with E-state index in [0.717, 1.165) is 5.56 Å². The molecule has 0 spiro atoms. The molecule has 0 saturated heterocycles. The number of carbonyl (C=O) groups excluding carboxylic acids is 1. The highest BCUT2D eigenvalue weighted by atomic mass is 79.9. The number of nitro groups is 1. The van der Waals surface area contributed by atoms with E-state index in [9.17, 15) is 14.9 Å². The summed E-state index contributed by atoms with van der Waals surface area (Å²) in [7, 11) is 1.56. The van der Waals surface area contributed by atoms with Crippen LogP contribution in [-0.4, -0.2) is 27.7 Å². The fraction of sp³-hybridized carbons (Fsp3) is 0.167. The number of carbonyl (C=O) groups is 1. The second kappa shape index (κ2) is 5.83. The number of benzene rings is 1. The van der Waals surface area contributed by atoms with Crippen molar-refractivity contribution in [2.75, 3.05) is 7.05 Å². The lowest BCUT2D eigenvalue weighted by Crippen LogP contribution is -2.18. The predicted molar refractivity (Wildman–Crippen MR) is 75.5 cm³/mol. The van der Waals surface area contributed by atoms with Crippen LogP contribution in [-0.2, 0) is 6.54 Å². The van der Waals surface area contributed by atoms with Crippen LogP contribution in [0.25, 0.3) is 0 Å². The third kappa shape index (κ3) is 3.02. The first-order chi connectivity index (χ1) is 9.51. The highest BCUT2D eigenvalue weighted by molar-refractivity contribution is 9.10. The summed E-state index contributed by atoms with van der Waals surface area (Å²) in [6.45, 7) is 0.345. The van der Waals surface area contributed by atoms with Gasteiger partial charge in [0.15, 0.2) is 0 Å².